The number of benzene rings is 6. The number of hydrogen-bond donors (Lipinski definition) is 0. The molecule has 0 saturated heterocycles. The number of halogens is 7. The van der Waals surface area contributed by atoms with Crippen LogP contribution in [0.1, 0.15) is 34.8 Å². The highest BCUT2D eigenvalue weighted by Gasteiger charge is 2.17. The van der Waals surface area contributed by atoms with Crippen LogP contribution in [0.25, 0.3) is 43.6 Å². The lowest BCUT2D eigenvalue weighted by molar-refractivity contribution is -0.664. The fourth-order valence-electron chi connectivity index (χ4n) is 7.87. The molecule has 0 radical (unpaired) electrons. The van der Waals surface area contributed by atoms with E-state index < -0.39 is 7.15 Å². The number of para-hydroxylation sites is 4. The molecular weight excluding hydrogens is 1220 g/mol. The van der Waals surface area contributed by atoms with E-state index in [1.54, 1.807) is 0 Å². The van der Waals surface area contributed by atoms with Crippen molar-refractivity contribution in [1.82, 2.24) is 4.98 Å². The number of alkyl halides is 4. The van der Waals surface area contributed by atoms with Gasteiger partial charge in [0.05, 0.1) is 14.0 Å². The molecular formula is C55H49Br6FN4. The summed E-state index contributed by atoms with van der Waals surface area (Å²) in [7, 11) is -1.00. The van der Waals surface area contributed by atoms with Gasteiger partial charge in [-0.25, -0.2) is 0 Å². The Morgan fingerprint density at radius 2 is 0.697 bits per heavy atom. The average molecular weight is 1270 g/mol. The van der Waals surface area contributed by atoms with E-state index in [-0.39, 0.29) is 50.9 Å². The lowest BCUT2D eigenvalue weighted by Crippen LogP contribution is -3.00. The van der Waals surface area contributed by atoms with E-state index in [0.29, 0.717) is 0 Å². The van der Waals surface area contributed by atoms with Gasteiger partial charge in [-0.1, -0.05) is 127 Å². The summed E-state index contributed by atoms with van der Waals surface area (Å²) in [5.74, 6) is 0. The van der Waals surface area contributed by atoms with Crippen molar-refractivity contribution < 1.29 is 70.4 Å². The van der Waals surface area contributed by atoms with Gasteiger partial charge in [-0.05, 0) is 83.4 Å². The normalized spacial score (nSPS) is 10.4. The summed E-state index contributed by atoms with van der Waals surface area (Å²) in [4.78, 5) is 4.18. The van der Waals surface area contributed by atoms with Crippen LogP contribution in [0.5, 0.6) is 0 Å². The Hall–Kier alpha value is -4.23. The molecule has 0 unspecified atom stereocenters. The summed E-state index contributed by atoms with van der Waals surface area (Å²) in [5.41, 5.74) is 12.7. The van der Waals surface area contributed by atoms with E-state index in [0.717, 1.165) is 41.1 Å². The fourth-order valence-corrected chi connectivity index (χ4v) is 8.84. The largest absolute Gasteiger partial charge is 1.00 e. The van der Waals surface area contributed by atoms with Gasteiger partial charge < -0.3 is 50.9 Å². The summed E-state index contributed by atoms with van der Waals surface area (Å²) in [6.45, 7) is 2.47. The molecule has 0 aliphatic heterocycles. The lowest BCUT2D eigenvalue weighted by atomic mass is 10.0. The van der Waals surface area contributed by atoms with Crippen molar-refractivity contribution in [2.24, 2.45) is 0 Å². The van der Waals surface area contributed by atoms with Crippen LogP contribution < -0.4 is 64.6 Å². The Kier molecular flexibility index (Phi) is 22.5. The van der Waals surface area contributed by atoms with Crippen LogP contribution in [0, 0.1) is 0 Å². The predicted octanol–water partition coefficient (Wildman–Crippen LogP) is 4.36. The standard InChI is InChI=1S/C36H30N3.C9H9Br3.C9H7N.CH3F.3BrH/c1-4-16-34-31(10-1)13-7-19-37(34)25-28-22-29(26-38-20-8-14-32-11-2-5-17-35(32)38)24-30(23-28)27-39-21-9-15-33-12-3-6-18-36(33)39;10-4-7-1-8(5-11)3-9(2-7)6-12;1-2-6-9-8(4-1)5-3-7-10-9;1-2;;;/h1-24H,25-27H2;1-3H,4-6H2;1-7H;1H3;3*1H/q+3;;;;;;/p-3/i;;;1D;;;. The Labute approximate surface area is 445 Å². The fraction of sp³-hybridized carbons (Fsp3) is 0.127. The highest BCUT2D eigenvalue weighted by atomic mass is 79.9. The Balaban J connectivity index is 0.000000287. The number of rotatable bonds is 9. The van der Waals surface area contributed by atoms with Crippen molar-refractivity contribution in [3.63, 3.8) is 0 Å². The molecule has 0 N–H and O–H groups in total. The number of pyridine rings is 4. The first kappa shape index (κ1) is 52.7. The maximum atomic E-state index is 9.96. The molecule has 4 nitrogen and oxygen atoms in total. The van der Waals surface area contributed by atoms with Gasteiger partial charge in [0.2, 0.25) is 16.6 Å². The van der Waals surface area contributed by atoms with E-state index in [4.69, 9.17) is 1.37 Å². The molecule has 4 heterocycles. The van der Waals surface area contributed by atoms with Gasteiger partial charge in [-0.3, -0.25) is 9.37 Å². The minimum absolute atomic E-state index is 0. The molecule has 10 rings (SSSR count). The monoisotopic (exact) mass is 1260 g/mol. The van der Waals surface area contributed by atoms with Crippen molar-refractivity contribution >= 4 is 91.4 Å². The SMILES string of the molecule is BrCc1cc(CBr)cc(CBr)c1.[2H]CF.[Br-].[Br-].[Br-].c1ccc2c(c1)ccc[n+]2Cc1cc(C[n+]2cccc3ccccc32)cc(C[n+]2cccc3ccccc32)c1.c1ccc2ncccc2c1. The van der Waals surface area contributed by atoms with Gasteiger partial charge in [-0.15, -0.1) is 0 Å². The second-order valence-corrected chi connectivity index (χ2v) is 16.7. The van der Waals surface area contributed by atoms with Crippen molar-refractivity contribution in [1.29, 1.82) is 0 Å². The molecule has 0 amide bonds. The number of nitrogens with zero attached hydrogens (tertiary/aromatic N) is 4. The van der Waals surface area contributed by atoms with E-state index >= 15 is 0 Å². The van der Waals surface area contributed by atoms with Crippen LogP contribution in [-0.2, 0) is 35.6 Å². The first-order valence-electron chi connectivity index (χ1n) is 21.4. The molecule has 0 aliphatic rings. The summed E-state index contributed by atoms with van der Waals surface area (Å²) in [6, 6.07) is 64.6. The van der Waals surface area contributed by atoms with Crippen molar-refractivity contribution in [2.75, 3.05) is 7.15 Å². The first-order chi connectivity index (χ1) is 31.5. The maximum Gasteiger partial charge on any atom is 0.212 e. The van der Waals surface area contributed by atoms with Crippen LogP contribution in [0.4, 0.5) is 4.39 Å². The lowest BCUT2D eigenvalue weighted by Gasteiger charge is -2.09. The Bertz CT molecular complexity index is 2730. The number of aromatic nitrogens is 4. The zero-order chi connectivity index (χ0) is 44.5. The number of fused-ring (bicyclic) bond motifs is 4. The highest BCUT2D eigenvalue weighted by Crippen LogP contribution is 2.19. The third-order valence-corrected chi connectivity index (χ3v) is 12.6. The summed E-state index contributed by atoms with van der Waals surface area (Å²) >= 11 is 10.4. The van der Waals surface area contributed by atoms with Crippen molar-refractivity contribution in [3.05, 3.63) is 240 Å². The third-order valence-electron chi connectivity index (χ3n) is 10.6. The smallest absolute Gasteiger partial charge is 0.212 e. The molecule has 0 aliphatic carbocycles. The van der Waals surface area contributed by atoms with Gasteiger partial charge in [0.15, 0.2) is 38.2 Å². The van der Waals surface area contributed by atoms with Crippen LogP contribution in [-0.4, -0.2) is 12.1 Å². The molecule has 0 saturated carbocycles. The topological polar surface area (TPSA) is 24.5 Å². The molecule has 0 fully saturated rings. The van der Waals surface area contributed by atoms with E-state index in [1.807, 2.05) is 30.5 Å². The second kappa shape index (κ2) is 28.2. The number of hydrogen-bond acceptors (Lipinski definition) is 1. The van der Waals surface area contributed by atoms with Crippen LogP contribution >= 0.6 is 47.8 Å². The molecule has 10 aromatic rings. The molecule has 6 aromatic carbocycles. The molecule has 0 bridgehead atoms. The molecule has 0 atom stereocenters. The molecule has 0 spiro atoms. The summed E-state index contributed by atoms with van der Waals surface area (Å²) in [6.07, 6.45) is 8.37. The van der Waals surface area contributed by atoms with Crippen LogP contribution in [0.2, 0.25) is 0 Å². The van der Waals surface area contributed by atoms with E-state index in [9.17, 15) is 4.39 Å². The van der Waals surface area contributed by atoms with E-state index in [2.05, 4.69) is 243 Å². The van der Waals surface area contributed by atoms with Crippen LogP contribution in [0.3, 0.4) is 0 Å². The second-order valence-electron chi connectivity index (χ2n) is 15.0. The first-order valence-corrected chi connectivity index (χ1v) is 24.0. The van der Waals surface area contributed by atoms with Crippen molar-refractivity contribution in [2.45, 2.75) is 35.6 Å². The maximum absolute atomic E-state index is 9.96. The van der Waals surface area contributed by atoms with Gasteiger partial charge in [0.25, 0.3) is 0 Å². The minimum atomic E-state index is -1.00. The average Bonchev–Trinajstić information content (AvgIpc) is 3.35. The molecule has 4 aromatic heterocycles. The van der Waals surface area contributed by atoms with Gasteiger partial charge in [0.1, 0.15) is 0 Å². The summed E-state index contributed by atoms with van der Waals surface area (Å²) in [5, 5.41) is 7.75. The predicted molar refractivity (Wildman–Crippen MR) is 269 cm³/mol. The minimum Gasteiger partial charge on any atom is -1.00 e. The van der Waals surface area contributed by atoms with Crippen LogP contribution in [0.15, 0.2) is 207 Å². The highest BCUT2D eigenvalue weighted by molar-refractivity contribution is 9.09. The van der Waals surface area contributed by atoms with Gasteiger partial charge in [-0.2, -0.15) is 13.7 Å². The summed E-state index contributed by atoms with van der Waals surface area (Å²) < 4.78 is 22.6. The van der Waals surface area contributed by atoms with Crippen molar-refractivity contribution in [3.8, 4) is 0 Å². The molecule has 66 heavy (non-hydrogen) atoms. The zero-order valence-corrected chi connectivity index (χ0v) is 45.5. The van der Waals surface area contributed by atoms with Gasteiger partial charge >= 0.3 is 0 Å². The Morgan fingerprint density at radius 1 is 0.409 bits per heavy atom. The molecule has 338 valence electrons. The molecule has 11 heteroatoms. The van der Waals surface area contributed by atoms with E-state index in [1.165, 1.54) is 71.5 Å². The van der Waals surface area contributed by atoms with Gasteiger partial charge in [0, 0.05) is 96.8 Å². The Morgan fingerprint density at radius 3 is 1.05 bits per heavy atom. The quantitative estimate of drug-likeness (QED) is 0.156. The third kappa shape index (κ3) is 14.6. The zero-order valence-electron chi connectivity index (χ0n) is 37.0.